The number of fused-ring (bicyclic) bond motifs is 1. The molecule has 0 saturated heterocycles. The van der Waals surface area contributed by atoms with Crippen LogP contribution < -0.4 is 14.2 Å². The molecule has 220 valence electrons. The number of unbranched alkanes of at least 4 members (excludes halogenated alkanes) is 7. The molecule has 0 aliphatic carbocycles. The summed E-state index contributed by atoms with van der Waals surface area (Å²) in [5.41, 5.74) is 1.89. The summed E-state index contributed by atoms with van der Waals surface area (Å²) in [4.78, 5) is 13.0. The van der Waals surface area contributed by atoms with E-state index >= 15 is 0 Å². The standard InChI is InChI=1S/C36H42N2O4/c1-3-5-7-8-9-13-27-41-30-20-16-28(17-21-30)36(39)42-35-25-24-34(32-14-10-11-15-33(32)35)38-37-29-18-22-31(23-19-29)40-26-12-6-4-2/h10-11,14-25H,3-9,12-13,26-27H2,1-2H3. The van der Waals surface area contributed by atoms with Crippen molar-refractivity contribution in [2.75, 3.05) is 13.2 Å². The number of rotatable bonds is 17. The third-order valence-corrected chi connectivity index (χ3v) is 7.05. The summed E-state index contributed by atoms with van der Waals surface area (Å²) in [6.07, 6.45) is 10.7. The Kier molecular flexibility index (Phi) is 12.4. The highest BCUT2D eigenvalue weighted by atomic mass is 16.5. The molecule has 0 heterocycles. The van der Waals surface area contributed by atoms with E-state index in [4.69, 9.17) is 14.2 Å². The van der Waals surface area contributed by atoms with E-state index in [0.29, 0.717) is 23.6 Å². The zero-order chi connectivity index (χ0) is 29.4. The molecule has 0 atom stereocenters. The smallest absolute Gasteiger partial charge is 0.343 e. The van der Waals surface area contributed by atoms with Crippen molar-refractivity contribution in [3.63, 3.8) is 0 Å². The number of hydrogen-bond acceptors (Lipinski definition) is 6. The molecule has 0 aliphatic rings. The van der Waals surface area contributed by atoms with E-state index in [0.717, 1.165) is 47.4 Å². The molecular weight excluding hydrogens is 524 g/mol. The maximum Gasteiger partial charge on any atom is 0.343 e. The fraction of sp³-hybridized carbons (Fsp3) is 0.361. The lowest BCUT2D eigenvalue weighted by Gasteiger charge is -2.10. The second-order valence-corrected chi connectivity index (χ2v) is 10.4. The molecule has 0 saturated carbocycles. The van der Waals surface area contributed by atoms with Gasteiger partial charge in [-0.05, 0) is 73.5 Å². The van der Waals surface area contributed by atoms with Crippen LogP contribution in [-0.2, 0) is 0 Å². The van der Waals surface area contributed by atoms with Crippen molar-refractivity contribution in [1.29, 1.82) is 0 Å². The number of nitrogens with zero attached hydrogens (tertiary/aromatic N) is 2. The van der Waals surface area contributed by atoms with Gasteiger partial charge < -0.3 is 14.2 Å². The van der Waals surface area contributed by atoms with Gasteiger partial charge in [-0.1, -0.05) is 83.1 Å². The fourth-order valence-corrected chi connectivity index (χ4v) is 4.61. The Balaban J connectivity index is 1.35. The van der Waals surface area contributed by atoms with E-state index in [1.165, 1.54) is 44.9 Å². The van der Waals surface area contributed by atoms with Gasteiger partial charge in [0, 0.05) is 10.8 Å². The summed E-state index contributed by atoms with van der Waals surface area (Å²) in [7, 11) is 0. The van der Waals surface area contributed by atoms with Crippen LogP contribution in [0.2, 0.25) is 0 Å². The molecule has 0 aromatic heterocycles. The normalized spacial score (nSPS) is 11.2. The van der Waals surface area contributed by atoms with Gasteiger partial charge in [-0.25, -0.2) is 4.79 Å². The Morgan fingerprint density at radius 2 is 1.17 bits per heavy atom. The van der Waals surface area contributed by atoms with Gasteiger partial charge in [0.1, 0.15) is 17.2 Å². The summed E-state index contributed by atoms with van der Waals surface area (Å²) in [5, 5.41) is 10.5. The predicted octanol–water partition coefficient (Wildman–Crippen LogP) is 10.8. The van der Waals surface area contributed by atoms with Crippen LogP contribution in [0, 0.1) is 0 Å². The molecule has 0 spiro atoms. The fourth-order valence-electron chi connectivity index (χ4n) is 4.61. The Labute approximate surface area is 249 Å². The summed E-state index contributed by atoms with van der Waals surface area (Å²) in [5.74, 6) is 1.64. The van der Waals surface area contributed by atoms with Crippen molar-refractivity contribution in [2.24, 2.45) is 10.2 Å². The topological polar surface area (TPSA) is 69.5 Å². The van der Waals surface area contributed by atoms with E-state index in [9.17, 15) is 4.79 Å². The largest absolute Gasteiger partial charge is 0.494 e. The molecule has 0 unspecified atom stereocenters. The Morgan fingerprint density at radius 1 is 0.595 bits per heavy atom. The van der Waals surface area contributed by atoms with E-state index < -0.39 is 5.97 Å². The van der Waals surface area contributed by atoms with Crippen molar-refractivity contribution < 1.29 is 19.0 Å². The monoisotopic (exact) mass is 566 g/mol. The molecular formula is C36H42N2O4. The SMILES string of the molecule is CCCCCCCCOc1ccc(C(=O)Oc2ccc(N=Nc3ccc(OCCCCC)cc3)c3ccccc23)cc1. The van der Waals surface area contributed by atoms with Gasteiger partial charge in [-0.15, -0.1) is 5.11 Å². The van der Waals surface area contributed by atoms with Crippen LogP contribution in [0.1, 0.15) is 82.0 Å². The minimum Gasteiger partial charge on any atom is -0.494 e. The second-order valence-electron chi connectivity index (χ2n) is 10.4. The first kappa shape index (κ1) is 30.8. The maximum absolute atomic E-state index is 13.0. The Bertz CT molecular complexity index is 1420. The van der Waals surface area contributed by atoms with E-state index in [2.05, 4.69) is 24.1 Å². The van der Waals surface area contributed by atoms with Crippen LogP contribution in [-0.4, -0.2) is 19.2 Å². The van der Waals surface area contributed by atoms with Gasteiger partial charge in [-0.3, -0.25) is 0 Å². The van der Waals surface area contributed by atoms with Crippen LogP contribution in [0.4, 0.5) is 11.4 Å². The number of ether oxygens (including phenoxy) is 3. The van der Waals surface area contributed by atoms with Crippen LogP contribution in [0.5, 0.6) is 17.2 Å². The molecule has 0 N–H and O–H groups in total. The number of esters is 1. The molecule has 42 heavy (non-hydrogen) atoms. The van der Waals surface area contributed by atoms with Gasteiger partial charge in [-0.2, -0.15) is 5.11 Å². The second kappa shape index (κ2) is 16.9. The minimum atomic E-state index is -0.422. The highest BCUT2D eigenvalue weighted by Crippen LogP contribution is 2.35. The van der Waals surface area contributed by atoms with Gasteiger partial charge >= 0.3 is 5.97 Å². The Morgan fingerprint density at radius 3 is 1.86 bits per heavy atom. The van der Waals surface area contributed by atoms with E-state index in [1.807, 2.05) is 66.7 Å². The van der Waals surface area contributed by atoms with Crippen LogP contribution in [0.15, 0.2) is 95.2 Å². The third-order valence-electron chi connectivity index (χ3n) is 7.05. The maximum atomic E-state index is 13.0. The number of azo groups is 1. The van der Waals surface area contributed by atoms with E-state index in [-0.39, 0.29) is 0 Å². The third kappa shape index (κ3) is 9.44. The first-order valence-corrected chi connectivity index (χ1v) is 15.3. The average Bonchev–Trinajstić information content (AvgIpc) is 3.03. The van der Waals surface area contributed by atoms with Gasteiger partial charge in [0.05, 0.1) is 30.2 Å². The lowest BCUT2D eigenvalue weighted by molar-refractivity contribution is 0.0737. The van der Waals surface area contributed by atoms with Crippen LogP contribution in [0.25, 0.3) is 10.8 Å². The first-order chi connectivity index (χ1) is 20.7. The van der Waals surface area contributed by atoms with E-state index in [1.54, 1.807) is 18.2 Å². The Hall–Kier alpha value is -4.19. The molecule has 0 bridgehead atoms. The summed E-state index contributed by atoms with van der Waals surface area (Å²) in [6.45, 7) is 5.81. The highest BCUT2D eigenvalue weighted by Gasteiger charge is 2.13. The molecule has 6 heteroatoms. The first-order valence-electron chi connectivity index (χ1n) is 15.3. The van der Waals surface area contributed by atoms with Crippen LogP contribution >= 0.6 is 0 Å². The molecule has 0 radical (unpaired) electrons. The average molecular weight is 567 g/mol. The molecule has 0 aliphatic heterocycles. The van der Waals surface area contributed by atoms with Crippen molar-refractivity contribution in [1.82, 2.24) is 0 Å². The number of benzene rings is 4. The lowest BCUT2D eigenvalue weighted by atomic mass is 10.1. The molecule has 0 amide bonds. The zero-order valence-corrected chi connectivity index (χ0v) is 24.9. The molecule has 0 fully saturated rings. The molecule has 6 nitrogen and oxygen atoms in total. The number of carbonyl (C=O) groups is 1. The number of hydrogen-bond donors (Lipinski definition) is 0. The molecule has 4 aromatic carbocycles. The van der Waals surface area contributed by atoms with Crippen molar-refractivity contribution in [3.05, 3.63) is 90.5 Å². The summed E-state index contributed by atoms with van der Waals surface area (Å²) >= 11 is 0. The zero-order valence-electron chi connectivity index (χ0n) is 24.9. The summed E-state index contributed by atoms with van der Waals surface area (Å²) < 4.78 is 17.4. The van der Waals surface area contributed by atoms with Gasteiger partial charge in [0.25, 0.3) is 0 Å². The van der Waals surface area contributed by atoms with Gasteiger partial charge in [0.15, 0.2) is 0 Å². The lowest BCUT2D eigenvalue weighted by Crippen LogP contribution is -2.08. The molecule has 4 rings (SSSR count). The summed E-state index contributed by atoms with van der Waals surface area (Å²) in [6, 6.07) is 26.0. The highest BCUT2D eigenvalue weighted by molar-refractivity contribution is 5.99. The van der Waals surface area contributed by atoms with Crippen molar-refractivity contribution in [3.8, 4) is 17.2 Å². The quantitative estimate of drug-likeness (QED) is 0.0551. The number of carbonyl (C=O) groups excluding carboxylic acids is 1. The minimum absolute atomic E-state index is 0.422. The predicted molar refractivity (Wildman–Crippen MR) is 170 cm³/mol. The van der Waals surface area contributed by atoms with Gasteiger partial charge in [0.2, 0.25) is 0 Å². The molecule has 4 aromatic rings. The van der Waals surface area contributed by atoms with Crippen molar-refractivity contribution in [2.45, 2.75) is 71.6 Å². The van der Waals surface area contributed by atoms with Crippen LogP contribution in [0.3, 0.4) is 0 Å². The van der Waals surface area contributed by atoms with Crippen molar-refractivity contribution >= 4 is 28.1 Å².